The number of carbonyl (C=O) groups is 2. The van der Waals surface area contributed by atoms with E-state index in [2.05, 4.69) is 35.9 Å². The van der Waals surface area contributed by atoms with E-state index >= 15 is 0 Å². The van der Waals surface area contributed by atoms with E-state index in [9.17, 15) is 9.59 Å². The monoisotopic (exact) mass is 364 g/mol. The third-order valence-corrected chi connectivity index (χ3v) is 6.47. The second kappa shape index (κ2) is 7.37. The summed E-state index contributed by atoms with van der Waals surface area (Å²) in [6.45, 7) is 15.9. The van der Waals surface area contributed by atoms with E-state index in [0.717, 1.165) is 52.1 Å². The van der Waals surface area contributed by atoms with Gasteiger partial charge < -0.3 is 20.0 Å². The van der Waals surface area contributed by atoms with Gasteiger partial charge in [0.15, 0.2) is 0 Å². The summed E-state index contributed by atoms with van der Waals surface area (Å²) < 4.78 is 0. The van der Waals surface area contributed by atoms with Gasteiger partial charge in [-0.05, 0) is 39.5 Å². The van der Waals surface area contributed by atoms with Crippen LogP contribution in [0.2, 0.25) is 0 Å². The van der Waals surface area contributed by atoms with Gasteiger partial charge >= 0.3 is 6.03 Å². The number of rotatable bonds is 4. The Morgan fingerprint density at radius 1 is 1.19 bits per heavy atom. The molecule has 148 valence electrons. The van der Waals surface area contributed by atoms with Crippen molar-refractivity contribution in [2.24, 2.45) is 17.8 Å². The average molecular weight is 365 g/mol. The van der Waals surface area contributed by atoms with Crippen molar-refractivity contribution < 1.29 is 9.59 Å². The van der Waals surface area contributed by atoms with Gasteiger partial charge in [-0.3, -0.25) is 4.79 Å². The Bertz CT molecular complexity index is 540. The molecule has 6 heteroatoms. The zero-order chi connectivity index (χ0) is 19.1. The minimum absolute atomic E-state index is 0.0339. The zero-order valence-corrected chi connectivity index (χ0v) is 17.1. The molecule has 3 heterocycles. The Kier molecular flexibility index (Phi) is 5.52. The smallest absolute Gasteiger partial charge is 0.317 e. The first-order chi connectivity index (χ1) is 12.3. The molecule has 1 N–H and O–H groups in total. The lowest BCUT2D eigenvalue weighted by molar-refractivity contribution is -0.135. The van der Waals surface area contributed by atoms with Crippen LogP contribution in [0.1, 0.15) is 47.5 Å². The van der Waals surface area contributed by atoms with Crippen LogP contribution in [0.5, 0.6) is 0 Å². The lowest BCUT2D eigenvalue weighted by Crippen LogP contribution is -2.59. The molecule has 0 unspecified atom stereocenters. The fourth-order valence-corrected chi connectivity index (χ4v) is 5.51. The van der Waals surface area contributed by atoms with Crippen LogP contribution in [0, 0.1) is 17.8 Å². The lowest BCUT2D eigenvalue weighted by atomic mass is 9.75. The van der Waals surface area contributed by atoms with Crippen LogP contribution < -0.4 is 5.32 Å². The first-order valence-electron chi connectivity index (χ1n) is 10.4. The van der Waals surface area contributed by atoms with Crippen molar-refractivity contribution >= 4 is 11.9 Å². The van der Waals surface area contributed by atoms with Crippen molar-refractivity contribution in [3.8, 4) is 0 Å². The minimum Gasteiger partial charge on any atom is -0.337 e. The van der Waals surface area contributed by atoms with Crippen LogP contribution in [0.3, 0.4) is 0 Å². The Labute approximate surface area is 158 Å². The second-order valence-electron chi connectivity index (χ2n) is 9.10. The normalized spacial score (nSPS) is 28.5. The molecule has 3 saturated heterocycles. The molecular weight excluding hydrogens is 328 g/mol. The summed E-state index contributed by atoms with van der Waals surface area (Å²) in [7, 11) is 0. The third kappa shape index (κ3) is 3.32. The number of nitrogens with zero attached hydrogens (tertiary/aromatic N) is 3. The maximum atomic E-state index is 13.1. The molecule has 3 aliphatic rings. The van der Waals surface area contributed by atoms with Gasteiger partial charge in [-0.15, -0.1) is 0 Å². The largest absolute Gasteiger partial charge is 0.337 e. The summed E-state index contributed by atoms with van der Waals surface area (Å²) in [5.74, 6) is 1.56. The molecule has 3 fully saturated rings. The van der Waals surface area contributed by atoms with Crippen molar-refractivity contribution in [2.45, 2.75) is 59.0 Å². The summed E-state index contributed by atoms with van der Waals surface area (Å²) in [5.41, 5.74) is -0.0448. The number of fused-ring (bicyclic) bond motifs is 2. The molecule has 0 bridgehead atoms. The Hall–Kier alpha value is -1.30. The van der Waals surface area contributed by atoms with Gasteiger partial charge in [0.2, 0.25) is 5.91 Å². The van der Waals surface area contributed by atoms with Gasteiger partial charge in [-0.1, -0.05) is 13.8 Å². The molecular formula is C20H36N4O2. The Morgan fingerprint density at radius 2 is 1.85 bits per heavy atom. The Balaban J connectivity index is 1.73. The average Bonchev–Trinajstić information content (AvgIpc) is 3.05. The van der Waals surface area contributed by atoms with Crippen LogP contribution in [0.15, 0.2) is 0 Å². The minimum atomic E-state index is -0.0448. The van der Waals surface area contributed by atoms with Crippen LogP contribution >= 0.6 is 0 Å². The van der Waals surface area contributed by atoms with E-state index in [1.165, 1.54) is 0 Å². The van der Waals surface area contributed by atoms with E-state index in [1.807, 2.05) is 18.7 Å². The number of nitrogens with one attached hydrogen (secondary N) is 1. The van der Waals surface area contributed by atoms with Crippen LogP contribution in [0.4, 0.5) is 4.79 Å². The van der Waals surface area contributed by atoms with Crippen LogP contribution in [-0.2, 0) is 4.79 Å². The van der Waals surface area contributed by atoms with E-state index in [1.54, 1.807) is 0 Å². The third-order valence-electron chi connectivity index (χ3n) is 6.47. The summed E-state index contributed by atoms with van der Waals surface area (Å²) in [6.07, 6.45) is 1.82. The van der Waals surface area contributed by atoms with Crippen molar-refractivity contribution in [3.05, 3.63) is 0 Å². The van der Waals surface area contributed by atoms with E-state index in [0.29, 0.717) is 17.7 Å². The molecule has 0 aromatic carbocycles. The van der Waals surface area contributed by atoms with E-state index < -0.39 is 0 Å². The SMILES string of the molecule is CCN1C(=O)[C@H]2CN(CC(C)C)C[C@H]2C12CCN(C(=O)NC(C)C)CC2. The van der Waals surface area contributed by atoms with Crippen molar-refractivity contribution in [1.29, 1.82) is 0 Å². The molecule has 0 aromatic rings. The molecule has 3 amide bonds. The molecule has 0 aliphatic carbocycles. The number of amides is 3. The molecule has 0 radical (unpaired) electrons. The number of hydrogen-bond donors (Lipinski definition) is 1. The maximum Gasteiger partial charge on any atom is 0.317 e. The fourth-order valence-electron chi connectivity index (χ4n) is 5.51. The number of likely N-dealkylation sites (tertiary alicyclic amines) is 3. The van der Waals surface area contributed by atoms with Crippen LogP contribution in [-0.4, -0.2) is 77.5 Å². The zero-order valence-electron chi connectivity index (χ0n) is 17.1. The molecule has 3 rings (SSSR count). The molecule has 1 spiro atoms. The van der Waals surface area contributed by atoms with Crippen LogP contribution in [0.25, 0.3) is 0 Å². The van der Waals surface area contributed by atoms with Gasteiger partial charge in [-0.2, -0.15) is 0 Å². The van der Waals surface area contributed by atoms with Gasteiger partial charge in [0, 0.05) is 51.2 Å². The van der Waals surface area contributed by atoms with E-state index in [4.69, 9.17) is 0 Å². The number of hydrogen-bond acceptors (Lipinski definition) is 3. The maximum absolute atomic E-state index is 13.1. The highest BCUT2D eigenvalue weighted by Crippen LogP contribution is 2.49. The summed E-state index contributed by atoms with van der Waals surface area (Å²) in [6, 6.07) is 0.189. The predicted octanol–water partition coefficient (Wildman–Crippen LogP) is 2.01. The Morgan fingerprint density at radius 3 is 2.38 bits per heavy atom. The molecule has 26 heavy (non-hydrogen) atoms. The quantitative estimate of drug-likeness (QED) is 0.830. The highest BCUT2D eigenvalue weighted by Gasteiger charge is 2.61. The highest BCUT2D eigenvalue weighted by molar-refractivity contribution is 5.84. The van der Waals surface area contributed by atoms with Gasteiger partial charge in [-0.25, -0.2) is 4.79 Å². The molecule has 0 aromatic heterocycles. The summed E-state index contributed by atoms with van der Waals surface area (Å²) in [5, 5.41) is 3.00. The molecule has 2 atom stereocenters. The number of carbonyl (C=O) groups excluding carboxylic acids is 2. The number of urea groups is 1. The first kappa shape index (κ1) is 19.5. The van der Waals surface area contributed by atoms with Crippen molar-refractivity contribution in [3.63, 3.8) is 0 Å². The summed E-state index contributed by atoms with van der Waals surface area (Å²) in [4.78, 5) is 32.0. The van der Waals surface area contributed by atoms with Gasteiger partial charge in [0.1, 0.15) is 0 Å². The topological polar surface area (TPSA) is 55.9 Å². The van der Waals surface area contributed by atoms with Crippen molar-refractivity contribution in [1.82, 2.24) is 20.0 Å². The predicted molar refractivity (Wildman–Crippen MR) is 103 cm³/mol. The second-order valence-corrected chi connectivity index (χ2v) is 9.10. The standard InChI is InChI=1S/C20H36N4O2/c1-6-24-18(25)16-12-22(11-14(2)3)13-17(16)20(24)7-9-23(10-8-20)19(26)21-15(4)5/h14-17H,6-13H2,1-5H3,(H,21,26)/t16-,17+/m0/s1. The lowest BCUT2D eigenvalue weighted by Gasteiger charge is -2.47. The summed E-state index contributed by atoms with van der Waals surface area (Å²) >= 11 is 0. The molecule has 0 saturated carbocycles. The van der Waals surface area contributed by atoms with Gasteiger partial charge in [0.25, 0.3) is 0 Å². The van der Waals surface area contributed by atoms with E-state index in [-0.39, 0.29) is 23.5 Å². The molecule has 6 nitrogen and oxygen atoms in total. The first-order valence-corrected chi connectivity index (χ1v) is 10.4. The van der Waals surface area contributed by atoms with Crippen molar-refractivity contribution in [2.75, 3.05) is 39.3 Å². The fraction of sp³-hybridized carbons (Fsp3) is 0.900. The molecule has 3 aliphatic heterocycles. The highest BCUT2D eigenvalue weighted by atomic mass is 16.2. The van der Waals surface area contributed by atoms with Gasteiger partial charge in [0.05, 0.1) is 11.5 Å². The number of piperidine rings is 1.